The summed E-state index contributed by atoms with van der Waals surface area (Å²) in [5.74, 6) is 0.480. The van der Waals surface area contributed by atoms with Crippen molar-refractivity contribution in [2.24, 2.45) is 0 Å². The van der Waals surface area contributed by atoms with Crippen molar-refractivity contribution in [2.75, 3.05) is 37.9 Å². The fourth-order valence-electron chi connectivity index (χ4n) is 1.80. The molecule has 20 heavy (non-hydrogen) atoms. The number of rotatable bonds is 7. The van der Waals surface area contributed by atoms with Crippen LogP contribution >= 0.6 is 0 Å². The maximum Gasteiger partial charge on any atom is 0.238 e. The number of amides is 1. The van der Waals surface area contributed by atoms with Gasteiger partial charge in [-0.15, -0.1) is 0 Å². The van der Waals surface area contributed by atoms with Crippen LogP contribution < -0.4 is 15.8 Å². The Morgan fingerprint density at radius 1 is 1.50 bits per heavy atom. The van der Waals surface area contributed by atoms with E-state index in [-0.39, 0.29) is 25.1 Å². The van der Waals surface area contributed by atoms with E-state index in [0.717, 1.165) is 0 Å². The van der Waals surface area contributed by atoms with Crippen molar-refractivity contribution < 1.29 is 14.6 Å². The van der Waals surface area contributed by atoms with Crippen LogP contribution in [0.1, 0.15) is 13.8 Å². The van der Waals surface area contributed by atoms with Gasteiger partial charge in [-0.2, -0.15) is 0 Å². The number of ether oxygens (including phenoxy) is 1. The van der Waals surface area contributed by atoms with Gasteiger partial charge in [0.25, 0.3) is 0 Å². The van der Waals surface area contributed by atoms with E-state index in [1.54, 1.807) is 25.3 Å². The van der Waals surface area contributed by atoms with E-state index in [1.807, 2.05) is 18.7 Å². The summed E-state index contributed by atoms with van der Waals surface area (Å²) in [7, 11) is 1.56. The number of anilines is 2. The Hall–Kier alpha value is -1.79. The Kier molecular flexibility index (Phi) is 6.27. The average molecular weight is 281 g/mol. The lowest BCUT2D eigenvalue weighted by atomic mass is 10.2. The average Bonchev–Trinajstić information content (AvgIpc) is 2.40. The molecule has 0 aliphatic heterocycles. The van der Waals surface area contributed by atoms with Gasteiger partial charge >= 0.3 is 0 Å². The Morgan fingerprint density at radius 2 is 2.20 bits per heavy atom. The molecule has 0 aliphatic rings. The molecular weight excluding hydrogens is 258 g/mol. The van der Waals surface area contributed by atoms with Crippen molar-refractivity contribution in [1.82, 2.24) is 4.90 Å². The summed E-state index contributed by atoms with van der Waals surface area (Å²) in [4.78, 5) is 13.9. The minimum atomic E-state index is -0.163. The highest BCUT2D eigenvalue weighted by molar-refractivity contribution is 5.95. The molecule has 6 heteroatoms. The van der Waals surface area contributed by atoms with Gasteiger partial charge in [0.1, 0.15) is 5.75 Å². The molecular formula is C14H23N3O3. The van der Waals surface area contributed by atoms with Gasteiger partial charge in [0, 0.05) is 18.7 Å². The topological polar surface area (TPSA) is 87.8 Å². The van der Waals surface area contributed by atoms with Gasteiger partial charge in [0.05, 0.1) is 31.6 Å². The van der Waals surface area contributed by atoms with Gasteiger partial charge in [0.2, 0.25) is 5.91 Å². The van der Waals surface area contributed by atoms with Gasteiger partial charge in [0.15, 0.2) is 0 Å². The predicted octanol–water partition coefficient (Wildman–Crippen LogP) is 0.919. The summed E-state index contributed by atoms with van der Waals surface area (Å²) in [6, 6.07) is 5.28. The highest BCUT2D eigenvalue weighted by Crippen LogP contribution is 2.23. The lowest BCUT2D eigenvalue weighted by molar-refractivity contribution is -0.117. The molecule has 4 N–H and O–H groups in total. The van der Waals surface area contributed by atoms with E-state index in [1.165, 1.54) is 0 Å². The van der Waals surface area contributed by atoms with Gasteiger partial charge in [-0.25, -0.2) is 0 Å². The summed E-state index contributed by atoms with van der Waals surface area (Å²) in [6.07, 6.45) is 0. The number of methoxy groups -OCH3 is 1. The monoisotopic (exact) mass is 281 g/mol. The van der Waals surface area contributed by atoms with Crippen LogP contribution in [0, 0.1) is 0 Å². The summed E-state index contributed by atoms with van der Waals surface area (Å²) in [5.41, 5.74) is 6.86. The number of nitrogen functional groups attached to an aromatic ring is 1. The number of nitrogens with one attached hydrogen (secondary N) is 1. The van der Waals surface area contributed by atoms with Gasteiger partial charge in [-0.1, -0.05) is 0 Å². The maximum absolute atomic E-state index is 12.0. The Labute approximate surface area is 119 Å². The van der Waals surface area contributed by atoms with Crippen LogP contribution in [0.3, 0.4) is 0 Å². The molecule has 0 saturated carbocycles. The Bertz CT molecular complexity index is 449. The van der Waals surface area contributed by atoms with Crippen LogP contribution in [0.15, 0.2) is 18.2 Å². The first kappa shape index (κ1) is 16.3. The number of nitrogens with zero attached hydrogens (tertiary/aromatic N) is 1. The molecule has 0 saturated heterocycles. The normalized spacial score (nSPS) is 10.9. The maximum atomic E-state index is 12.0. The van der Waals surface area contributed by atoms with Gasteiger partial charge in [-0.05, 0) is 26.0 Å². The zero-order valence-electron chi connectivity index (χ0n) is 12.2. The zero-order chi connectivity index (χ0) is 15.1. The standard InChI is InChI=1S/C14H23N3O3/c1-10(2)17(6-7-18)9-14(19)16-13-5-4-11(20-3)8-12(13)15/h4-5,8,10,18H,6-7,9,15H2,1-3H3,(H,16,19). The minimum Gasteiger partial charge on any atom is -0.497 e. The summed E-state index contributed by atoms with van der Waals surface area (Å²) in [5, 5.41) is 11.7. The molecule has 0 fully saturated rings. The van der Waals surface area contributed by atoms with Crippen molar-refractivity contribution in [1.29, 1.82) is 0 Å². The van der Waals surface area contributed by atoms with Crippen molar-refractivity contribution in [3.05, 3.63) is 18.2 Å². The van der Waals surface area contributed by atoms with Crippen LogP contribution in [-0.4, -0.2) is 48.8 Å². The van der Waals surface area contributed by atoms with E-state index in [9.17, 15) is 4.79 Å². The Morgan fingerprint density at radius 3 is 2.70 bits per heavy atom. The summed E-state index contributed by atoms with van der Waals surface area (Å²) < 4.78 is 5.05. The first-order chi connectivity index (χ1) is 9.47. The molecule has 0 unspecified atom stereocenters. The third-order valence-electron chi connectivity index (χ3n) is 3.00. The SMILES string of the molecule is COc1ccc(NC(=O)CN(CCO)C(C)C)c(N)c1. The van der Waals surface area contributed by atoms with Gasteiger partial charge < -0.3 is 20.9 Å². The zero-order valence-corrected chi connectivity index (χ0v) is 12.2. The smallest absolute Gasteiger partial charge is 0.238 e. The van der Waals surface area contributed by atoms with E-state index < -0.39 is 0 Å². The number of nitrogens with two attached hydrogens (primary N) is 1. The second-order valence-electron chi connectivity index (χ2n) is 4.79. The van der Waals surface area contributed by atoms with Crippen molar-refractivity contribution in [3.8, 4) is 5.75 Å². The third kappa shape index (κ3) is 4.71. The number of benzene rings is 1. The number of hydrogen-bond donors (Lipinski definition) is 3. The van der Waals surface area contributed by atoms with Crippen molar-refractivity contribution >= 4 is 17.3 Å². The van der Waals surface area contributed by atoms with Crippen LogP contribution in [-0.2, 0) is 4.79 Å². The number of aliphatic hydroxyl groups is 1. The fourth-order valence-corrected chi connectivity index (χ4v) is 1.80. The molecule has 0 aliphatic carbocycles. The molecule has 0 heterocycles. The molecule has 0 bridgehead atoms. The fraction of sp³-hybridized carbons (Fsp3) is 0.500. The third-order valence-corrected chi connectivity index (χ3v) is 3.00. The predicted molar refractivity (Wildman–Crippen MR) is 79.8 cm³/mol. The second kappa shape index (κ2) is 7.72. The lowest BCUT2D eigenvalue weighted by Gasteiger charge is -2.24. The second-order valence-corrected chi connectivity index (χ2v) is 4.79. The van der Waals surface area contributed by atoms with E-state index in [2.05, 4.69) is 5.32 Å². The quantitative estimate of drug-likeness (QED) is 0.647. The first-order valence-electron chi connectivity index (χ1n) is 6.56. The molecule has 1 aromatic carbocycles. The van der Waals surface area contributed by atoms with Crippen LogP contribution in [0.2, 0.25) is 0 Å². The molecule has 0 aromatic heterocycles. The van der Waals surface area contributed by atoms with Crippen LogP contribution in [0.5, 0.6) is 5.75 Å². The van der Waals surface area contributed by atoms with E-state index in [4.69, 9.17) is 15.6 Å². The Balaban J connectivity index is 2.66. The minimum absolute atomic E-state index is 0.0239. The number of hydrogen-bond acceptors (Lipinski definition) is 5. The number of carbonyl (C=O) groups is 1. The van der Waals surface area contributed by atoms with Crippen molar-refractivity contribution in [2.45, 2.75) is 19.9 Å². The van der Waals surface area contributed by atoms with Gasteiger partial charge in [-0.3, -0.25) is 9.69 Å². The number of aliphatic hydroxyl groups excluding tert-OH is 1. The number of carbonyl (C=O) groups excluding carboxylic acids is 1. The largest absolute Gasteiger partial charge is 0.497 e. The first-order valence-corrected chi connectivity index (χ1v) is 6.56. The summed E-state index contributed by atoms with van der Waals surface area (Å²) in [6.45, 7) is 4.65. The molecule has 1 rings (SSSR count). The summed E-state index contributed by atoms with van der Waals surface area (Å²) >= 11 is 0. The van der Waals surface area contributed by atoms with E-state index >= 15 is 0 Å². The molecule has 0 spiro atoms. The van der Waals surface area contributed by atoms with Crippen molar-refractivity contribution in [3.63, 3.8) is 0 Å². The van der Waals surface area contributed by atoms with Crippen LogP contribution in [0.4, 0.5) is 11.4 Å². The molecule has 0 atom stereocenters. The molecule has 0 radical (unpaired) electrons. The molecule has 112 valence electrons. The molecule has 1 amide bonds. The molecule has 1 aromatic rings. The van der Waals surface area contributed by atoms with Crippen LogP contribution in [0.25, 0.3) is 0 Å². The highest BCUT2D eigenvalue weighted by atomic mass is 16.5. The molecule has 6 nitrogen and oxygen atoms in total. The van der Waals surface area contributed by atoms with E-state index in [0.29, 0.717) is 23.7 Å². The lowest BCUT2D eigenvalue weighted by Crippen LogP contribution is -2.39. The highest BCUT2D eigenvalue weighted by Gasteiger charge is 2.14.